The van der Waals surface area contributed by atoms with Crippen molar-refractivity contribution in [3.63, 3.8) is 0 Å². The maximum absolute atomic E-state index is 10.8. The first kappa shape index (κ1) is 10.9. The molecule has 0 aliphatic heterocycles. The van der Waals surface area contributed by atoms with Crippen molar-refractivity contribution in [1.29, 1.82) is 0 Å². The second-order valence-electron chi connectivity index (χ2n) is 3.92. The van der Waals surface area contributed by atoms with Crippen LogP contribution in [0.4, 0.5) is 0 Å². The Hall–Kier alpha value is -1.58. The van der Waals surface area contributed by atoms with Crippen molar-refractivity contribution in [2.45, 2.75) is 25.3 Å². The van der Waals surface area contributed by atoms with Gasteiger partial charge in [0.15, 0.2) is 11.5 Å². The average Bonchev–Trinajstić information content (AvgIpc) is 2.36. The molecule has 0 N–H and O–H groups in total. The van der Waals surface area contributed by atoms with Crippen molar-refractivity contribution >= 4 is 0 Å². The number of benzene rings is 1. The average molecular weight is 221 g/mol. The minimum absolute atomic E-state index is 0.233. The van der Waals surface area contributed by atoms with E-state index < -0.39 is 0 Å². The molecule has 0 spiro atoms. The fourth-order valence-corrected chi connectivity index (χ4v) is 2.21. The summed E-state index contributed by atoms with van der Waals surface area (Å²) in [4.78, 5) is 10.8. The molecule has 0 saturated carbocycles. The molecule has 2 rings (SSSR count). The molecule has 0 aromatic heterocycles. The molecule has 1 aliphatic rings. The molecule has 1 unspecified atom stereocenters. The van der Waals surface area contributed by atoms with Crippen LogP contribution in [0.3, 0.4) is 0 Å². The van der Waals surface area contributed by atoms with E-state index in [0.717, 1.165) is 30.4 Å². The van der Waals surface area contributed by atoms with Gasteiger partial charge >= 0.3 is 0 Å². The Kier molecular flexibility index (Phi) is 3.08. The zero-order chi connectivity index (χ0) is 11.5. The minimum atomic E-state index is -0.233. The monoisotopic (exact) mass is 221 g/mol. The lowest BCUT2D eigenvalue weighted by atomic mass is 9.88. The van der Waals surface area contributed by atoms with Crippen LogP contribution in [0.25, 0.3) is 0 Å². The molecule has 16 heavy (non-hydrogen) atoms. The molecule has 1 aromatic carbocycles. The van der Waals surface area contributed by atoms with Gasteiger partial charge in [0.2, 0.25) is 0 Å². The van der Waals surface area contributed by atoms with Crippen LogP contribution in [0.2, 0.25) is 0 Å². The van der Waals surface area contributed by atoms with Gasteiger partial charge in [0.1, 0.15) is 6.04 Å². The van der Waals surface area contributed by atoms with Crippen molar-refractivity contribution < 1.29 is 9.47 Å². The van der Waals surface area contributed by atoms with Crippen LogP contribution in [0, 0.1) is 4.91 Å². The van der Waals surface area contributed by atoms with Crippen molar-refractivity contribution in [3.05, 3.63) is 28.2 Å². The van der Waals surface area contributed by atoms with Crippen LogP contribution in [-0.4, -0.2) is 14.2 Å². The first-order valence-corrected chi connectivity index (χ1v) is 5.37. The highest BCUT2D eigenvalue weighted by atomic mass is 16.5. The fourth-order valence-electron chi connectivity index (χ4n) is 2.21. The first-order valence-electron chi connectivity index (χ1n) is 5.37. The summed E-state index contributed by atoms with van der Waals surface area (Å²) < 4.78 is 10.5. The smallest absolute Gasteiger partial charge is 0.161 e. The standard InChI is InChI=1S/C12H15NO3/c1-15-11-6-8-4-3-5-10(13-14)9(8)7-12(11)16-2/h6-7,10H,3-5H2,1-2H3. The molecule has 1 aliphatic carbocycles. The van der Waals surface area contributed by atoms with E-state index in [-0.39, 0.29) is 6.04 Å². The number of methoxy groups -OCH3 is 2. The normalized spacial score (nSPS) is 18.8. The zero-order valence-electron chi connectivity index (χ0n) is 9.53. The molecule has 1 atom stereocenters. The summed E-state index contributed by atoms with van der Waals surface area (Å²) in [6.45, 7) is 0. The lowest BCUT2D eigenvalue weighted by molar-refractivity contribution is 0.352. The second-order valence-corrected chi connectivity index (χ2v) is 3.92. The number of fused-ring (bicyclic) bond motifs is 1. The highest BCUT2D eigenvalue weighted by Gasteiger charge is 2.23. The Bertz CT molecular complexity index is 403. The maximum atomic E-state index is 10.8. The summed E-state index contributed by atoms with van der Waals surface area (Å²) in [5.74, 6) is 1.38. The van der Waals surface area contributed by atoms with Crippen LogP contribution < -0.4 is 9.47 Å². The summed E-state index contributed by atoms with van der Waals surface area (Å²) >= 11 is 0. The maximum Gasteiger partial charge on any atom is 0.161 e. The van der Waals surface area contributed by atoms with E-state index in [0.29, 0.717) is 11.5 Å². The van der Waals surface area contributed by atoms with E-state index in [2.05, 4.69) is 5.18 Å². The van der Waals surface area contributed by atoms with Crippen molar-refractivity contribution in [1.82, 2.24) is 0 Å². The predicted molar refractivity (Wildman–Crippen MR) is 61.0 cm³/mol. The highest BCUT2D eigenvalue weighted by molar-refractivity contribution is 5.49. The molecular formula is C12H15NO3. The van der Waals surface area contributed by atoms with Crippen LogP contribution >= 0.6 is 0 Å². The molecule has 0 heterocycles. The third-order valence-electron chi connectivity index (χ3n) is 3.06. The largest absolute Gasteiger partial charge is 0.493 e. The Morgan fingerprint density at radius 3 is 2.56 bits per heavy atom. The number of rotatable bonds is 3. The third-order valence-corrected chi connectivity index (χ3v) is 3.06. The number of nitrogens with zero attached hydrogens (tertiary/aromatic N) is 1. The molecule has 0 fully saturated rings. The quantitative estimate of drug-likeness (QED) is 0.737. The molecule has 0 radical (unpaired) electrons. The number of ether oxygens (including phenoxy) is 2. The van der Waals surface area contributed by atoms with Gasteiger partial charge < -0.3 is 9.47 Å². The molecular weight excluding hydrogens is 206 g/mol. The summed E-state index contributed by atoms with van der Waals surface area (Å²) in [5, 5.41) is 3.17. The van der Waals surface area contributed by atoms with Gasteiger partial charge in [0, 0.05) is 0 Å². The molecule has 0 amide bonds. The lowest BCUT2D eigenvalue weighted by Crippen LogP contribution is -2.08. The van der Waals surface area contributed by atoms with E-state index in [1.54, 1.807) is 14.2 Å². The summed E-state index contributed by atoms with van der Waals surface area (Å²) in [7, 11) is 3.21. The molecule has 0 saturated heterocycles. The fraction of sp³-hybridized carbons (Fsp3) is 0.500. The van der Waals surface area contributed by atoms with E-state index >= 15 is 0 Å². The van der Waals surface area contributed by atoms with E-state index in [4.69, 9.17) is 9.47 Å². The van der Waals surface area contributed by atoms with Gasteiger partial charge in [-0.25, -0.2) is 0 Å². The third kappa shape index (κ3) is 1.75. The van der Waals surface area contributed by atoms with Crippen LogP contribution in [0.5, 0.6) is 11.5 Å². The molecule has 1 aromatic rings. The Labute approximate surface area is 94.5 Å². The Morgan fingerprint density at radius 2 is 1.94 bits per heavy atom. The van der Waals surface area contributed by atoms with E-state index in [1.165, 1.54) is 0 Å². The Morgan fingerprint density at radius 1 is 1.25 bits per heavy atom. The summed E-state index contributed by atoms with van der Waals surface area (Å²) in [5.41, 5.74) is 2.13. The number of hydrogen-bond acceptors (Lipinski definition) is 4. The lowest BCUT2D eigenvalue weighted by Gasteiger charge is -2.22. The van der Waals surface area contributed by atoms with Crippen LogP contribution in [0.15, 0.2) is 17.3 Å². The number of nitroso groups, excluding NO2 is 1. The first-order chi connectivity index (χ1) is 7.80. The SMILES string of the molecule is COc1cc2c(cc1OC)C(N=O)CCC2. The zero-order valence-corrected chi connectivity index (χ0v) is 9.53. The van der Waals surface area contributed by atoms with Crippen molar-refractivity contribution in [2.75, 3.05) is 14.2 Å². The Balaban J connectivity index is 2.50. The molecule has 4 heteroatoms. The summed E-state index contributed by atoms with van der Waals surface area (Å²) in [6.07, 6.45) is 2.80. The van der Waals surface area contributed by atoms with Gasteiger partial charge in [-0.2, -0.15) is 4.91 Å². The minimum Gasteiger partial charge on any atom is -0.493 e. The van der Waals surface area contributed by atoms with Gasteiger partial charge in [-0.15, -0.1) is 0 Å². The van der Waals surface area contributed by atoms with Crippen molar-refractivity contribution in [2.24, 2.45) is 5.18 Å². The van der Waals surface area contributed by atoms with Crippen LogP contribution in [0.1, 0.15) is 30.0 Å². The van der Waals surface area contributed by atoms with Crippen molar-refractivity contribution in [3.8, 4) is 11.5 Å². The topological polar surface area (TPSA) is 47.9 Å². The second kappa shape index (κ2) is 4.51. The predicted octanol–water partition coefficient (Wildman–Crippen LogP) is 2.85. The molecule has 4 nitrogen and oxygen atoms in total. The molecule has 0 bridgehead atoms. The van der Waals surface area contributed by atoms with Crippen LogP contribution in [-0.2, 0) is 6.42 Å². The van der Waals surface area contributed by atoms with E-state index in [1.807, 2.05) is 12.1 Å². The van der Waals surface area contributed by atoms with Gasteiger partial charge in [0.05, 0.1) is 14.2 Å². The number of aryl methyl sites for hydroxylation is 1. The number of hydrogen-bond donors (Lipinski definition) is 0. The van der Waals surface area contributed by atoms with Gasteiger partial charge in [-0.3, -0.25) is 0 Å². The summed E-state index contributed by atoms with van der Waals surface area (Å²) in [6, 6.07) is 3.59. The highest BCUT2D eigenvalue weighted by Crippen LogP contribution is 2.39. The van der Waals surface area contributed by atoms with Gasteiger partial charge in [-0.05, 0) is 42.5 Å². The van der Waals surface area contributed by atoms with Gasteiger partial charge in [-0.1, -0.05) is 5.18 Å². The molecule has 86 valence electrons. The van der Waals surface area contributed by atoms with Gasteiger partial charge in [0.25, 0.3) is 0 Å². The van der Waals surface area contributed by atoms with E-state index in [9.17, 15) is 4.91 Å².